The van der Waals surface area contributed by atoms with Crippen molar-refractivity contribution in [3.8, 4) is 0 Å². The molecule has 1 aliphatic carbocycles. The summed E-state index contributed by atoms with van der Waals surface area (Å²) in [4.78, 5) is 0. The van der Waals surface area contributed by atoms with Gasteiger partial charge >= 0.3 is 0 Å². The third kappa shape index (κ3) is 4.45. The van der Waals surface area contributed by atoms with Crippen LogP contribution in [0.4, 0.5) is 0 Å². The first kappa shape index (κ1) is 12.0. The van der Waals surface area contributed by atoms with E-state index in [0.29, 0.717) is 0 Å². The van der Waals surface area contributed by atoms with E-state index in [2.05, 4.69) is 19.2 Å². The standard InChI is InChI=1S/C13H27N/c1-3-7-13(8-4-2)14-11-12-9-5-6-10-12/h12-14H,3-11H2,1-2H3. The molecule has 0 aromatic rings. The Labute approximate surface area is 89.7 Å². The van der Waals surface area contributed by atoms with Crippen molar-refractivity contribution < 1.29 is 0 Å². The fraction of sp³-hybridized carbons (Fsp3) is 1.00. The third-order valence-corrected chi connectivity index (χ3v) is 3.44. The number of hydrogen-bond acceptors (Lipinski definition) is 1. The SMILES string of the molecule is CCCC(CCC)NCC1CCCC1. The molecule has 1 rings (SSSR count). The van der Waals surface area contributed by atoms with Crippen molar-refractivity contribution in [1.82, 2.24) is 5.32 Å². The Balaban J connectivity index is 2.10. The van der Waals surface area contributed by atoms with Crippen molar-refractivity contribution in [3.63, 3.8) is 0 Å². The average molecular weight is 197 g/mol. The maximum atomic E-state index is 3.76. The van der Waals surface area contributed by atoms with Gasteiger partial charge in [0.1, 0.15) is 0 Å². The first-order valence-electron chi connectivity index (χ1n) is 6.60. The normalized spacial score (nSPS) is 18.2. The molecule has 0 amide bonds. The topological polar surface area (TPSA) is 12.0 Å². The highest BCUT2D eigenvalue weighted by atomic mass is 14.9. The van der Waals surface area contributed by atoms with Crippen molar-refractivity contribution in [2.75, 3.05) is 6.54 Å². The lowest BCUT2D eigenvalue weighted by molar-refractivity contribution is 0.394. The largest absolute Gasteiger partial charge is 0.314 e. The maximum absolute atomic E-state index is 3.76. The summed E-state index contributed by atoms with van der Waals surface area (Å²) in [7, 11) is 0. The van der Waals surface area contributed by atoms with Gasteiger partial charge in [-0.3, -0.25) is 0 Å². The van der Waals surface area contributed by atoms with E-state index in [4.69, 9.17) is 0 Å². The highest BCUT2D eigenvalue weighted by Gasteiger charge is 2.16. The summed E-state index contributed by atoms with van der Waals surface area (Å²) in [6, 6.07) is 0.797. The van der Waals surface area contributed by atoms with Gasteiger partial charge in [-0.15, -0.1) is 0 Å². The van der Waals surface area contributed by atoms with Gasteiger partial charge in [0.25, 0.3) is 0 Å². The first-order valence-corrected chi connectivity index (χ1v) is 6.60. The molecule has 1 nitrogen and oxygen atoms in total. The molecule has 0 atom stereocenters. The van der Waals surface area contributed by atoms with Crippen LogP contribution in [0.3, 0.4) is 0 Å². The third-order valence-electron chi connectivity index (χ3n) is 3.44. The van der Waals surface area contributed by atoms with Crippen molar-refractivity contribution in [1.29, 1.82) is 0 Å². The van der Waals surface area contributed by atoms with Crippen LogP contribution >= 0.6 is 0 Å². The van der Waals surface area contributed by atoms with Gasteiger partial charge in [-0.05, 0) is 38.1 Å². The van der Waals surface area contributed by atoms with Gasteiger partial charge in [-0.2, -0.15) is 0 Å². The molecule has 0 bridgehead atoms. The fourth-order valence-corrected chi connectivity index (χ4v) is 2.59. The zero-order valence-corrected chi connectivity index (χ0v) is 10.0. The van der Waals surface area contributed by atoms with Crippen LogP contribution in [-0.2, 0) is 0 Å². The number of nitrogens with one attached hydrogen (secondary N) is 1. The van der Waals surface area contributed by atoms with Gasteiger partial charge < -0.3 is 5.32 Å². The second kappa shape index (κ2) is 7.28. The molecule has 84 valence electrons. The van der Waals surface area contributed by atoms with E-state index in [1.807, 2.05) is 0 Å². The van der Waals surface area contributed by atoms with E-state index >= 15 is 0 Å². The van der Waals surface area contributed by atoms with Crippen LogP contribution in [0, 0.1) is 5.92 Å². The molecule has 1 heteroatoms. The van der Waals surface area contributed by atoms with Gasteiger partial charge in [0.2, 0.25) is 0 Å². The quantitative estimate of drug-likeness (QED) is 0.655. The van der Waals surface area contributed by atoms with Crippen LogP contribution in [0.2, 0.25) is 0 Å². The predicted molar refractivity (Wildman–Crippen MR) is 63.6 cm³/mol. The molecule has 1 fully saturated rings. The van der Waals surface area contributed by atoms with E-state index in [9.17, 15) is 0 Å². The Morgan fingerprint density at radius 3 is 2.14 bits per heavy atom. The Kier molecular flexibility index (Phi) is 6.25. The molecule has 1 aliphatic rings. The van der Waals surface area contributed by atoms with Gasteiger partial charge in [0, 0.05) is 6.04 Å². The molecule has 0 radical (unpaired) electrons. The molecule has 0 unspecified atom stereocenters. The Hall–Kier alpha value is -0.0400. The summed E-state index contributed by atoms with van der Waals surface area (Å²) in [6.07, 6.45) is 11.2. The fourth-order valence-electron chi connectivity index (χ4n) is 2.59. The van der Waals surface area contributed by atoms with Crippen molar-refractivity contribution in [3.05, 3.63) is 0 Å². The lowest BCUT2D eigenvalue weighted by Crippen LogP contribution is -2.32. The van der Waals surface area contributed by atoms with Crippen LogP contribution in [0.25, 0.3) is 0 Å². The molecule has 14 heavy (non-hydrogen) atoms. The highest BCUT2D eigenvalue weighted by Crippen LogP contribution is 2.24. The van der Waals surface area contributed by atoms with E-state index in [1.165, 1.54) is 57.9 Å². The number of rotatable bonds is 7. The predicted octanol–water partition coefficient (Wildman–Crippen LogP) is 3.74. The molecule has 0 heterocycles. The van der Waals surface area contributed by atoms with Crippen LogP contribution in [0.1, 0.15) is 65.2 Å². The van der Waals surface area contributed by atoms with E-state index in [1.54, 1.807) is 0 Å². The monoisotopic (exact) mass is 197 g/mol. The van der Waals surface area contributed by atoms with Crippen LogP contribution in [0.5, 0.6) is 0 Å². The lowest BCUT2D eigenvalue weighted by atomic mass is 10.0. The second-order valence-corrected chi connectivity index (χ2v) is 4.83. The van der Waals surface area contributed by atoms with E-state index in [-0.39, 0.29) is 0 Å². The molecule has 1 N–H and O–H groups in total. The Morgan fingerprint density at radius 1 is 1.07 bits per heavy atom. The molecular formula is C13H27N. The average Bonchev–Trinajstić information content (AvgIpc) is 2.67. The van der Waals surface area contributed by atoms with Gasteiger partial charge in [0.15, 0.2) is 0 Å². The smallest absolute Gasteiger partial charge is 0.00669 e. The minimum atomic E-state index is 0.797. The molecular weight excluding hydrogens is 170 g/mol. The zero-order valence-electron chi connectivity index (χ0n) is 10.0. The van der Waals surface area contributed by atoms with Crippen LogP contribution < -0.4 is 5.32 Å². The Bertz CT molecular complexity index is 121. The lowest BCUT2D eigenvalue weighted by Gasteiger charge is -2.19. The van der Waals surface area contributed by atoms with Crippen LogP contribution in [-0.4, -0.2) is 12.6 Å². The molecule has 0 aromatic heterocycles. The minimum absolute atomic E-state index is 0.797. The van der Waals surface area contributed by atoms with Crippen LogP contribution in [0.15, 0.2) is 0 Å². The van der Waals surface area contributed by atoms with Gasteiger partial charge in [-0.1, -0.05) is 39.5 Å². The molecule has 0 saturated heterocycles. The summed E-state index contributed by atoms with van der Waals surface area (Å²) in [5.74, 6) is 0.992. The van der Waals surface area contributed by atoms with Crippen molar-refractivity contribution in [2.24, 2.45) is 5.92 Å². The van der Waals surface area contributed by atoms with E-state index < -0.39 is 0 Å². The highest BCUT2D eigenvalue weighted by molar-refractivity contribution is 4.73. The van der Waals surface area contributed by atoms with Gasteiger partial charge in [-0.25, -0.2) is 0 Å². The van der Waals surface area contributed by atoms with E-state index in [0.717, 1.165) is 12.0 Å². The first-order chi connectivity index (χ1) is 6.86. The molecule has 0 aliphatic heterocycles. The minimum Gasteiger partial charge on any atom is -0.314 e. The maximum Gasteiger partial charge on any atom is 0.00669 e. The summed E-state index contributed by atoms with van der Waals surface area (Å²) in [5, 5.41) is 3.76. The second-order valence-electron chi connectivity index (χ2n) is 4.83. The summed E-state index contributed by atoms with van der Waals surface area (Å²) < 4.78 is 0. The van der Waals surface area contributed by atoms with Gasteiger partial charge in [0.05, 0.1) is 0 Å². The van der Waals surface area contributed by atoms with Crippen molar-refractivity contribution >= 4 is 0 Å². The Morgan fingerprint density at radius 2 is 1.64 bits per heavy atom. The summed E-state index contributed by atoms with van der Waals surface area (Å²) >= 11 is 0. The number of hydrogen-bond donors (Lipinski definition) is 1. The summed E-state index contributed by atoms with van der Waals surface area (Å²) in [5.41, 5.74) is 0. The summed E-state index contributed by atoms with van der Waals surface area (Å²) in [6.45, 7) is 5.87. The zero-order chi connectivity index (χ0) is 10.2. The molecule has 0 spiro atoms. The molecule has 0 aromatic carbocycles. The molecule has 1 saturated carbocycles. The van der Waals surface area contributed by atoms with Crippen molar-refractivity contribution in [2.45, 2.75) is 71.3 Å².